The normalized spacial score (nSPS) is 11.6. The minimum absolute atomic E-state index is 0.220. The molecule has 8 N–H and O–H groups in total. The molecule has 0 aromatic heterocycles. The van der Waals surface area contributed by atoms with Gasteiger partial charge in [0.25, 0.3) is 0 Å². The van der Waals surface area contributed by atoms with Gasteiger partial charge in [-0.15, -0.1) is 0 Å². The van der Waals surface area contributed by atoms with Crippen LogP contribution in [0.1, 0.15) is 35.1 Å². The third kappa shape index (κ3) is 16.6. The zero-order chi connectivity index (χ0) is 48.6. The van der Waals surface area contributed by atoms with Gasteiger partial charge in [0.1, 0.15) is 26.4 Å². The van der Waals surface area contributed by atoms with Crippen molar-refractivity contribution < 1.29 is 57.1 Å². The van der Waals surface area contributed by atoms with Crippen molar-refractivity contribution in [2.75, 3.05) is 81.0 Å². The maximum absolute atomic E-state index is 13.8. The van der Waals surface area contributed by atoms with E-state index < -0.39 is 36.0 Å². The molecule has 0 unspecified atom stereocenters. The Balaban J connectivity index is 1.73. The van der Waals surface area contributed by atoms with E-state index in [1.54, 1.807) is 92.2 Å². The van der Waals surface area contributed by atoms with Gasteiger partial charge in [-0.1, -0.05) is 47.4 Å². The van der Waals surface area contributed by atoms with Crippen molar-refractivity contribution >= 4 is 53.5 Å². The second-order valence-corrected chi connectivity index (χ2v) is 14.3. The number of benzene rings is 4. The Morgan fingerprint density at radius 3 is 1.06 bits per heavy atom. The first-order valence-corrected chi connectivity index (χ1v) is 21.3. The minimum Gasteiger partial charge on any atom is -0.493 e. The molecular formula is C50H58BN4O12. The van der Waals surface area contributed by atoms with Crippen LogP contribution in [0.5, 0.6) is 46.0 Å². The molecule has 0 amide bonds. The number of carbonyl (C=O) groups is 4. The van der Waals surface area contributed by atoms with Gasteiger partial charge in [-0.25, -0.2) is 0 Å². The van der Waals surface area contributed by atoms with Gasteiger partial charge in [-0.2, -0.15) is 0 Å². The molecule has 0 heterocycles. The molecule has 16 nitrogen and oxygen atoms in total. The van der Waals surface area contributed by atoms with E-state index in [4.69, 9.17) is 60.8 Å². The third-order valence-electron chi connectivity index (χ3n) is 9.44. The van der Waals surface area contributed by atoms with Crippen LogP contribution in [0.25, 0.3) is 23.1 Å². The molecule has 1 radical (unpaired) electrons. The number of nitrogens with two attached hydrogens (primary N) is 4. The maximum Gasteiger partial charge on any atom is 0.193 e. The minimum atomic E-state index is -0.545. The van der Waals surface area contributed by atoms with E-state index in [0.29, 0.717) is 105 Å². The Bertz CT molecular complexity index is 2280. The molecule has 0 fully saturated rings. The van der Waals surface area contributed by atoms with E-state index in [1.165, 1.54) is 52.7 Å². The number of allylic oxidation sites excluding steroid dienone is 4. The molecule has 353 valence electrons. The Kier molecular flexibility index (Phi) is 21.9. The first-order chi connectivity index (χ1) is 32.5. The summed E-state index contributed by atoms with van der Waals surface area (Å²) < 4.78 is 44.9. The molecule has 0 spiro atoms. The van der Waals surface area contributed by atoms with Crippen molar-refractivity contribution in [1.82, 2.24) is 0 Å². The van der Waals surface area contributed by atoms with Crippen molar-refractivity contribution in [3.63, 3.8) is 0 Å². The highest BCUT2D eigenvalue weighted by molar-refractivity contribution is 6.79. The lowest BCUT2D eigenvalue weighted by Gasteiger charge is -2.16. The van der Waals surface area contributed by atoms with Gasteiger partial charge >= 0.3 is 0 Å². The molecule has 0 atom stereocenters. The van der Waals surface area contributed by atoms with Crippen molar-refractivity contribution in [2.45, 2.75) is 12.8 Å². The van der Waals surface area contributed by atoms with Gasteiger partial charge in [0.15, 0.2) is 76.4 Å². The van der Waals surface area contributed by atoms with Gasteiger partial charge in [-0.05, 0) is 95.1 Å². The lowest BCUT2D eigenvalue weighted by Crippen LogP contribution is -2.12. The van der Waals surface area contributed by atoms with Crippen LogP contribution in [0.4, 0.5) is 0 Å². The Labute approximate surface area is 391 Å². The molecule has 0 aliphatic heterocycles. The molecule has 4 aromatic rings. The molecule has 4 aromatic carbocycles. The number of methoxy groups -OCH3 is 4. The predicted molar refractivity (Wildman–Crippen MR) is 259 cm³/mol. The summed E-state index contributed by atoms with van der Waals surface area (Å²) >= 11 is 0. The fourth-order valence-electron chi connectivity index (χ4n) is 6.30. The zero-order valence-corrected chi connectivity index (χ0v) is 38.2. The average Bonchev–Trinajstić information content (AvgIpc) is 3.34. The Hall–Kier alpha value is -7.18. The quantitative estimate of drug-likeness (QED) is 0.0316. The Morgan fingerprint density at radius 2 is 0.746 bits per heavy atom. The molecule has 0 aliphatic rings. The van der Waals surface area contributed by atoms with E-state index in [9.17, 15) is 19.2 Å². The fraction of sp³-hybridized carbons (Fsp3) is 0.280. The van der Waals surface area contributed by atoms with Gasteiger partial charge in [0.05, 0.1) is 41.3 Å². The SMILES string of the molecule is COc1cc(/C=C/C(=O)CC(=O)C=C([B]/C(=C\C(=O)CC(=O)/C=C/c2ccc(OCCN)c(OC)c2)c2ccc(OCCN)c(OC)c2)c2ccc(OCCN)c(OC)c2)ccc1OCCN. The van der Waals surface area contributed by atoms with Crippen molar-refractivity contribution in [2.24, 2.45) is 22.9 Å². The van der Waals surface area contributed by atoms with Gasteiger partial charge in [0.2, 0.25) is 0 Å². The topological polar surface area (TPSA) is 246 Å². The number of rotatable bonds is 30. The standard InChI is InChI=1S/C50H58BN4O12/c1-60-47-25-33(7-13-43(47)64-21-17-52)5-11-37(56)29-39(58)31-41(35-9-15-45(66-23-19-54)49(27-35)62-3)51-42(36-10-16-46(67-24-20-55)50(28-36)63-4)32-40(59)30-38(57)12-6-34-8-14-44(65-22-18-53)48(26-34)61-2/h5-16,25-28,31-32H,17-24,29-30,52-55H2,1-4H3/b11-5+,12-6+,41-31-,42-32?. The monoisotopic (exact) mass is 917 g/mol. The lowest BCUT2D eigenvalue weighted by atomic mass is 9.57. The number of ether oxygens (including phenoxy) is 8. The summed E-state index contributed by atoms with van der Waals surface area (Å²) in [7, 11) is 7.53. The molecule has 0 saturated carbocycles. The summed E-state index contributed by atoms with van der Waals surface area (Å²) in [5.41, 5.74) is 25.3. The Morgan fingerprint density at radius 1 is 0.433 bits per heavy atom. The second kappa shape index (κ2) is 28.0. The van der Waals surface area contributed by atoms with Crippen LogP contribution in [0, 0.1) is 0 Å². The van der Waals surface area contributed by atoms with Crippen LogP contribution in [-0.4, -0.2) is 111 Å². The van der Waals surface area contributed by atoms with E-state index in [2.05, 4.69) is 0 Å². The first-order valence-electron chi connectivity index (χ1n) is 21.3. The smallest absolute Gasteiger partial charge is 0.193 e. The van der Waals surface area contributed by atoms with Crippen LogP contribution >= 0.6 is 0 Å². The zero-order valence-electron chi connectivity index (χ0n) is 38.2. The van der Waals surface area contributed by atoms with Crippen LogP contribution in [0.15, 0.2) is 97.1 Å². The van der Waals surface area contributed by atoms with Crippen LogP contribution in [0.2, 0.25) is 0 Å². The maximum atomic E-state index is 13.8. The summed E-state index contributed by atoms with van der Waals surface area (Å²) in [6.07, 6.45) is 7.35. The summed E-state index contributed by atoms with van der Waals surface area (Å²) in [4.78, 5) is 54.1. The first kappa shape index (κ1) is 52.4. The highest BCUT2D eigenvalue weighted by Crippen LogP contribution is 2.35. The third-order valence-corrected chi connectivity index (χ3v) is 9.44. The van der Waals surface area contributed by atoms with Crippen molar-refractivity contribution in [3.8, 4) is 46.0 Å². The van der Waals surface area contributed by atoms with Gasteiger partial charge in [-0.3, -0.25) is 19.2 Å². The second-order valence-electron chi connectivity index (χ2n) is 14.3. The highest BCUT2D eigenvalue weighted by Gasteiger charge is 2.19. The summed E-state index contributed by atoms with van der Waals surface area (Å²) in [5, 5.41) is 0. The van der Waals surface area contributed by atoms with Crippen LogP contribution in [-0.2, 0) is 19.2 Å². The molecule has 67 heavy (non-hydrogen) atoms. The number of ketones is 4. The van der Waals surface area contributed by atoms with E-state index in [0.717, 1.165) is 0 Å². The van der Waals surface area contributed by atoms with Gasteiger partial charge < -0.3 is 60.8 Å². The van der Waals surface area contributed by atoms with E-state index in [1.807, 2.05) is 0 Å². The molecule has 0 bridgehead atoms. The fourth-order valence-corrected chi connectivity index (χ4v) is 6.30. The molecule has 4 rings (SSSR count). The van der Waals surface area contributed by atoms with Crippen molar-refractivity contribution in [3.05, 3.63) is 119 Å². The number of carbonyl (C=O) groups excluding carboxylic acids is 4. The number of hydrogen-bond acceptors (Lipinski definition) is 16. The van der Waals surface area contributed by atoms with Gasteiger partial charge in [0, 0.05) is 26.2 Å². The highest BCUT2D eigenvalue weighted by atomic mass is 16.5. The molecule has 17 heteroatoms. The van der Waals surface area contributed by atoms with Crippen molar-refractivity contribution in [1.29, 1.82) is 0 Å². The molecule has 0 saturated heterocycles. The molecule has 0 aliphatic carbocycles. The average molecular weight is 918 g/mol. The largest absolute Gasteiger partial charge is 0.493 e. The van der Waals surface area contributed by atoms with Crippen LogP contribution in [0.3, 0.4) is 0 Å². The summed E-state index contributed by atoms with van der Waals surface area (Å²) in [5.74, 6) is 1.34. The van der Waals surface area contributed by atoms with E-state index >= 15 is 0 Å². The predicted octanol–water partition coefficient (Wildman–Crippen LogP) is 4.64. The number of hydrogen-bond donors (Lipinski definition) is 4. The molecular weight excluding hydrogens is 859 g/mol. The lowest BCUT2D eigenvalue weighted by molar-refractivity contribution is -0.123. The summed E-state index contributed by atoms with van der Waals surface area (Å²) in [6, 6.07) is 20.3. The summed E-state index contributed by atoms with van der Waals surface area (Å²) in [6.45, 7) is 2.21. The van der Waals surface area contributed by atoms with Crippen LogP contribution < -0.4 is 60.8 Å². The van der Waals surface area contributed by atoms with E-state index in [-0.39, 0.29) is 26.3 Å².